The maximum atomic E-state index is 4.40. The van der Waals surface area contributed by atoms with E-state index in [0.717, 1.165) is 18.7 Å². The minimum absolute atomic E-state index is 0.985. The number of hydrogen-bond donors (Lipinski definition) is 1. The second-order valence-electron chi connectivity index (χ2n) is 4.42. The predicted molar refractivity (Wildman–Crippen MR) is 70.7 cm³/mol. The Morgan fingerprint density at radius 2 is 2.06 bits per heavy atom. The molecule has 3 nitrogen and oxygen atoms in total. The highest BCUT2D eigenvalue weighted by molar-refractivity contribution is 5.39. The van der Waals surface area contributed by atoms with Crippen molar-refractivity contribution in [2.24, 2.45) is 0 Å². The van der Waals surface area contributed by atoms with Gasteiger partial charge in [-0.25, -0.2) is 4.68 Å². The fraction of sp³-hybridized carbons (Fsp3) is 0.357. The van der Waals surface area contributed by atoms with Crippen LogP contribution in [0, 0.1) is 13.8 Å². The molecule has 0 aliphatic carbocycles. The summed E-state index contributed by atoms with van der Waals surface area (Å²) < 4.78 is 1.94. The Morgan fingerprint density at radius 3 is 2.76 bits per heavy atom. The molecule has 1 aromatic heterocycles. The van der Waals surface area contributed by atoms with Gasteiger partial charge in [-0.2, -0.15) is 5.10 Å². The van der Waals surface area contributed by atoms with Crippen LogP contribution in [0.25, 0.3) is 5.69 Å². The molecule has 1 aromatic carbocycles. The molecule has 2 aromatic rings. The number of rotatable bonds is 4. The number of aryl methyl sites for hydroxylation is 2. The fourth-order valence-corrected chi connectivity index (χ4v) is 1.77. The monoisotopic (exact) mass is 229 g/mol. The Morgan fingerprint density at radius 1 is 1.24 bits per heavy atom. The molecular formula is C14H19N3. The van der Waals surface area contributed by atoms with E-state index in [1.807, 2.05) is 17.9 Å². The molecule has 3 heteroatoms. The Hall–Kier alpha value is -1.61. The van der Waals surface area contributed by atoms with Crippen LogP contribution in [-0.4, -0.2) is 23.4 Å². The van der Waals surface area contributed by atoms with Crippen LogP contribution in [0.1, 0.15) is 16.7 Å². The molecule has 1 heterocycles. The minimum Gasteiger partial charge on any atom is -0.319 e. The van der Waals surface area contributed by atoms with Crippen LogP contribution in [-0.2, 0) is 6.42 Å². The largest absolute Gasteiger partial charge is 0.319 e. The van der Waals surface area contributed by atoms with Gasteiger partial charge in [-0.05, 0) is 62.7 Å². The molecular weight excluding hydrogens is 210 g/mol. The summed E-state index contributed by atoms with van der Waals surface area (Å²) in [7, 11) is 1.97. The highest BCUT2D eigenvalue weighted by Crippen LogP contribution is 2.14. The van der Waals surface area contributed by atoms with Gasteiger partial charge in [0.05, 0.1) is 11.9 Å². The van der Waals surface area contributed by atoms with Gasteiger partial charge in [0, 0.05) is 6.20 Å². The molecule has 0 atom stereocenters. The first-order chi connectivity index (χ1) is 8.20. The van der Waals surface area contributed by atoms with Crippen molar-refractivity contribution >= 4 is 0 Å². The topological polar surface area (TPSA) is 29.9 Å². The Labute approximate surface area is 102 Å². The number of benzene rings is 1. The summed E-state index contributed by atoms with van der Waals surface area (Å²) >= 11 is 0. The summed E-state index contributed by atoms with van der Waals surface area (Å²) in [6.07, 6.45) is 5.05. The normalized spacial score (nSPS) is 10.8. The van der Waals surface area contributed by atoms with Crippen molar-refractivity contribution in [3.63, 3.8) is 0 Å². The SMILES string of the molecule is CNCCc1cnn(-c2ccc(C)c(C)c2)c1. The predicted octanol–water partition coefficient (Wildman–Crippen LogP) is 2.25. The molecule has 0 aliphatic heterocycles. The average molecular weight is 229 g/mol. The standard InChI is InChI=1S/C14H19N3/c1-11-4-5-14(8-12(11)2)17-10-13(9-16-17)6-7-15-3/h4-5,8-10,15H,6-7H2,1-3H3. The zero-order valence-electron chi connectivity index (χ0n) is 10.7. The minimum atomic E-state index is 0.985. The summed E-state index contributed by atoms with van der Waals surface area (Å²) in [5.41, 5.74) is 5.01. The van der Waals surface area contributed by atoms with E-state index in [1.165, 1.54) is 16.7 Å². The van der Waals surface area contributed by atoms with Gasteiger partial charge >= 0.3 is 0 Å². The molecule has 2 rings (SSSR count). The fourth-order valence-electron chi connectivity index (χ4n) is 1.77. The molecule has 0 radical (unpaired) electrons. The molecule has 0 unspecified atom stereocenters. The third kappa shape index (κ3) is 2.74. The van der Waals surface area contributed by atoms with Crippen molar-refractivity contribution in [3.05, 3.63) is 47.3 Å². The zero-order chi connectivity index (χ0) is 12.3. The van der Waals surface area contributed by atoms with E-state index >= 15 is 0 Å². The van der Waals surface area contributed by atoms with E-state index in [1.54, 1.807) is 0 Å². The van der Waals surface area contributed by atoms with Gasteiger partial charge in [-0.1, -0.05) is 6.07 Å². The molecule has 0 bridgehead atoms. The van der Waals surface area contributed by atoms with Crippen molar-refractivity contribution < 1.29 is 0 Å². The van der Waals surface area contributed by atoms with Crippen LogP contribution in [0.3, 0.4) is 0 Å². The Balaban J connectivity index is 2.21. The second kappa shape index (κ2) is 5.15. The molecule has 0 spiro atoms. The maximum Gasteiger partial charge on any atom is 0.0648 e. The third-order valence-corrected chi connectivity index (χ3v) is 3.05. The zero-order valence-corrected chi connectivity index (χ0v) is 10.7. The summed E-state index contributed by atoms with van der Waals surface area (Å²) in [6, 6.07) is 6.42. The highest BCUT2D eigenvalue weighted by atomic mass is 15.3. The Bertz CT molecular complexity index is 500. The van der Waals surface area contributed by atoms with Crippen molar-refractivity contribution in [3.8, 4) is 5.69 Å². The lowest BCUT2D eigenvalue weighted by Crippen LogP contribution is -2.09. The first-order valence-electron chi connectivity index (χ1n) is 5.96. The van der Waals surface area contributed by atoms with Gasteiger partial charge in [0.2, 0.25) is 0 Å². The first-order valence-corrected chi connectivity index (χ1v) is 5.96. The van der Waals surface area contributed by atoms with Gasteiger partial charge < -0.3 is 5.32 Å². The van der Waals surface area contributed by atoms with Crippen molar-refractivity contribution in [2.45, 2.75) is 20.3 Å². The average Bonchev–Trinajstić information content (AvgIpc) is 2.79. The van der Waals surface area contributed by atoms with Crippen LogP contribution in [0.5, 0.6) is 0 Å². The van der Waals surface area contributed by atoms with E-state index in [9.17, 15) is 0 Å². The summed E-state index contributed by atoms with van der Waals surface area (Å²) in [5, 5.41) is 7.54. The second-order valence-corrected chi connectivity index (χ2v) is 4.42. The number of likely N-dealkylation sites (N-methyl/N-ethyl adjacent to an activating group) is 1. The molecule has 0 fully saturated rings. The molecule has 17 heavy (non-hydrogen) atoms. The van der Waals surface area contributed by atoms with Crippen LogP contribution >= 0.6 is 0 Å². The molecule has 0 aliphatic rings. The third-order valence-electron chi connectivity index (χ3n) is 3.05. The smallest absolute Gasteiger partial charge is 0.0648 e. The lowest BCUT2D eigenvalue weighted by atomic mass is 10.1. The molecule has 90 valence electrons. The van der Waals surface area contributed by atoms with E-state index in [4.69, 9.17) is 0 Å². The lowest BCUT2D eigenvalue weighted by molar-refractivity contribution is 0.791. The van der Waals surface area contributed by atoms with E-state index in [-0.39, 0.29) is 0 Å². The van der Waals surface area contributed by atoms with E-state index in [2.05, 4.69) is 48.7 Å². The van der Waals surface area contributed by atoms with Gasteiger partial charge in [0.25, 0.3) is 0 Å². The van der Waals surface area contributed by atoms with Crippen LogP contribution < -0.4 is 5.32 Å². The summed E-state index contributed by atoms with van der Waals surface area (Å²) in [6.45, 7) is 5.24. The lowest BCUT2D eigenvalue weighted by Gasteiger charge is -2.04. The maximum absolute atomic E-state index is 4.40. The van der Waals surface area contributed by atoms with Crippen molar-refractivity contribution in [1.29, 1.82) is 0 Å². The van der Waals surface area contributed by atoms with Gasteiger partial charge in [-0.15, -0.1) is 0 Å². The van der Waals surface area contributed by atoms with Crippen molar-refractivity contribution in [2.75, 3.05) is 13.6 Å². The molecule has 0 saturated heterocycles. The van der Waals surface area contributed by atoms with Crippen LogP contribution in [0.2, 0.25) is 0 Å². The van der Waals surface area contributed by atoms with Gasteiger partial charge in [-0.3, -0.25) is 0 Å². The first kappa shape index (κ1) is 11.9. The van der Waals surface area contributed by atoms with E-state index < -0.39 is 0 Å². The number of nitrogens with zero attached hydrogens (tertiary/aromatic N) is 2. The van der Waals surface area contributed by atoms with Crippen LogP contribution in [0.4, 0.5) is 0 Å². The van der Waals surface area contributed by atoms with Gasteiger partial charge in [0.1, 0.15) is 0 Å². The Kier molecular flexibility index (Phi) is 3.59. The number of nitrogens with one attached hydrogen (secondary N) is 1. The van der Waals surface area contributed by atoms with Crippen molar-refractivity contribution in [1.82, 2.24) is 15.1 Å². The molecule has 1 N–H and O–H groups in total. The molecule has 0 amide bonds. The molecule has 0 saturated carbocycles. The van der Waals surface area contributed by atoms with Gasteiger partial charge in [0.15, 0.2) is 0 Å². The number of hydrogen-bond acceptors (Lipinski definition) is 2. The summed E-state index contributed by atoms with van der Waals surface area (Å²) in [4.78, 5) is 0. The highest BCUT2D eigenvalue weighted by Gasteiger charge is 2.02. The van der Waals surface area contributed by atoms with Crippen LogP contribution in [0.15, 0.2) is 30.6 Å². The quantitative estimate of drug-likeness (QED) is 0.871. The number of aromatic nitrogens is 2. The summed E-state index contributed by atoms with van der Waals surface area (Å²) in [5.74, 6) is 0. The van der Waals surface area contributed by atoms with E-state index in [0.29, 0.717) is 0 Å².